The molecule has 52 heavy (non-hydrogen) atoms. The zero-order chi connectivity index (χ0) is 37.1. The summed E-state index contributed by atoms with van der Waals surface area (Å²) in [6, 6.07) is 12.6. The molecule has 14 nitrogen and oxygen atoms in total. The van der Waals surface area contributed by atoms with Crippen molar-refractivity contribution in [3.63, 3.8) is 0 Å². The molecule has 18 heteroatoms. The molecule has 2 saturated heterocycles. The predicted octanol–water partition coefficient (Wildman–Crippen LogP) is 4.51. The Balaban J connectivity index is 1.17. The number of hydrogen-bond donors (Lipinski definition) is 3. The van der Waals surface area contributed by atoms with Crippen molar-refractivity contribution >= 4 is 50.2 Å². The van der Waals surface area contributed by atoms with E-state index in [0.29, 0.717) is 22.4 Å². The number of fused-ring (bicyclic) bond motifs is 2. The number of ketones is 1. The first kappa shape index (κ1) is 34.6. The monoisotopic (exact) mass is 737 g/mol. The van der Waals surface area contributed by atoms with Gasteiger partial charge < -0.3 is 25.1 Å². The third-order valence-corrected chi connectivity index (χ3v) is 9.45. The summed E-state index contributed by atoms with van der Waals surface area (Å²) in [7, 11) is -3.60. The van der Waals surface area contributed by atoms with E-state index in [9.17, 15) is 36.0 Å². The number of ether oxygens (including phenoxy) is 2. The molecule has 4 N–H and O–H groups in total. The number of nitrogen functional groups attached to an aromatic ring is 1. The lowest BCUT2D eigenvalue weighted by Crippen LogP contribution is -2.40. The van der Waals surface area contributed by atoms with Crippen LogP contribution in [-0.2, 0) is 14.8 Å². The largest absolute Gasteiger partial charge is 0.485 e. The van der Waals surface area contributed by atoms with E-state index in [4.69, 9.17) is 15.2 Å². The van der Waals surface area contributed by atoms with Gasteiger partial charge in [-0.3, -0.25) is 9.59 Å². The maximum Gasteiger partial charge on any atom is 0.332 e. The second kappa shape index (κ2) is 13.0. The van der Waals surface area contributed by atoms with Crippen LogP contribution in [0.5, 0.6) is 17.2 Å². The lowest BCUT2D eigenvalue weighted by Gasteiger charge is -2.21. The summed E-state index contributed by atoms with van der Waals surface area (Å²) in [5, 5.41) is 4.65. The Kier molecular flexibility index (Phi) is 8.66. The number of urea groups is 1. The van der Waals surface area contributed by atoms with Gasteiger partial charge in [-0.05, 0) is 67.4 Å². The Labute approximate surface area is 293 Å². The Hall–Kier alpha value is -5.88. The topological polar surface area (TPSA) is 182 Å². The van der Waals surface area contributed by atoms with Crippen LogP contribution in [0, 0.1) is 12.7 Å². The van der Waals surface area contributed by atoms with Crippen LogP contribution in [0.1, 0.15) is 28.0 Å². The van der Waals surface area contributed by atoms with Crippen molar-refractivity contribution in [1.82, 2.24) is 24.4 Å². The van der Waals surface area contributed by atoms with Crippen LogP contribution >= 0.6 is 0 Å². The van der Waals surface area contributed by atoms with Gasteiger partial charge in [-0.2, -0.15) is 5.10 Å². The molecule has 0 spiro atoms. The van der Waals surface area contributed by atoms with Crippen LogP contribution in [0.2, 0.25) is 0 Å². The van der Waals surface area contributed by atoms with Crippen molar-refractivity contribution in [2.24, 2.45) is 0 Å². The number of sulfonamides is 1. The van der Waals surface area contributed by atoms with Gasteiger partial charge in [-0.1, -0.05) is 12.1 Å². The number of carbonyl (C=O) groups excluding carboxylic acids is 3. The smallest absolute Gasteiger partial charge is 0.332 e. The number of hydrogen-bond acceptors (Lipinski definition) is 9. The number of aryl methyl sites for hydroxylation is 1. The van der Waals surface area contributed by atoms with Crippen molar-refractivity contribution in [2.75, 3.05) is 30.0 Å². The van der Waals surface area contributed by atoms with E-state index in [1.54, 1.807) is 37.3 Å². The average molecular weight is 738 g/mol. The summed E-state index contributed by atoms with van der Waals surface area (Å²) in [4.78, 5) is 45.7. The lowest BCUT2D eigenvalue weighted by atomic mass is 10.1. The highest BCUT2D eigenvalue weighted by Crippen LogP contribution is 2.40. The summed E-state index contributed by atoms with van der Waals surface area (Å²) >= 11 is 0. The quantitative estimate of drug-likeness (QED) is 0.130. The third-order valence-electron chi connectivity index (χ3n) is 8.69. The zero-order valence-electron chi connectivity index (χ0n) is 27.5. The minimum Gasteiger partial charge on any atom is -0.485 e. The molecule has 0 unspecified atom stereocenters. The van der Waals surface area contributed by atoms with Crippen LogP contribution in [0.4, 0.5) is 29.5 Å². The minimum atomic E-state index is -3.60. The van der Waals surface area contributed by atoms with Gasteiger partial charge in [0.1, 0.15) is 30.0 Å². The van der Waals surface area contributed by atoms with Crippen molar-refractivity contribution in [3.05, 3.63) is 89.5 Å². The molecular weight excluding hydrogens is 707 g/mol. The number of alkyl halides is 2. The molecule has 270 valence electrons. The van der Waals surface area contributed by atoms with E-state index < -0.39 is 58.7 Å². The second-order valence-corrected chi connectivity index (χ2v) is 14.2. The normalized spacial score (nSPS) is 17.4. The first-order valence-corrected chi connectivity index (χ1v) is 17.7. The Morgan fingerprint density at radius 3 is 2.56 bits per heavy atom. The molecule has 0 bridgehead atoms. The number of benzene rings is 3. The number of aromatic nitrogens is 3. The second-order valence-electron chi connectivity index (χ2n) is 12.4. The van der Waals surface area contributed by atoms with E-state index in [0.717, 1.165) is 11.2 Å². The van der Waals surface area contributed by atoms with E-state index in [1.165, 1.54) is 46.1 Å². The summed E-state index contributed by atoms with van der Waals surface area (Å²) in [5.74, 6) is -1.55. The summed E-state index contributed by atoms with van der Waals surface area (Å²) in [5.41, 5.74) is 7.82. The SMILES string of the molecule is Cc1cc(Oc2ccccc2F)ccc1-n1ncc(C(=O)c2cc3cc(OCC(F)F)c(N4C(=O)[C@@H]5C[C@H](NS(C)(=O)=O)CN5C4=O)cc3[nH]2)c1N. The standard InChI is InChI=1S/C34H30F3N7O7S/c1-17-9-20(51-28-6-4-3-5-22(28)35)7-8-25(17)44-32(38)21(14-39-44)31(45)24-10-18-11-29(50-16-30(36)37)26(13-23(18)40-24)43-33(46)27-12-19(41-52(2,48)49)15-42(27)34(43)47/h3-11,13-14,19,27,30,40-41H,12,15-16,38H2,1-2H3/t19-,27-/m0/s1. The first-order valence-electron chi connectivity index (χ1n) is 15.8. The van der Waals surface area contributed by atoms with E-state index in [1.807, 2.05) is 0 Å². The highest BCUT2D eigenvalue weighted by Gasteiger charge is 2.52. The fourth-order valence-electron chi connectivity index (χ4n) is 6.43. The summed E-state index contributed by atoms with van der Waals surface area (Å²) in [6.45, 7) is 0.652. The molecule has 5 aromatic rings. The number of H-pyrrole nitrogens is 1. The van der Waals surface area contributed by atoms with E-state index in [2.05, 4.69) is 14.8 Å². The van der Waals surface area contributed by atoms with Gasteiger partial charge in [0, 0.05) is 23.5 Å². The number of rotatable bonds is 11. The van der Waals surface area contributed by atoms with E-state index >= 15 is 0 Å². The number of anilines is 2. The van der Waals surface area contributed by atoms with Gasteiger partial charge in [-0.25, -0.2) is 40.7 Å². The summed E-state index contributed by atoms with van der Waals surface area (Å²) < 4.78 is 78.8. The molecule has 7 rings (SSSR count). The summed E-state index contributed by atoms with van der Waals surface area (Å²) in [6.07, 6.45) is -0.598. The number of nitrogens with two attached hydrogens (primary N) is 1. The van der Waals surface area contributed by atoms with Gasteiger partial charge >= 0.3 is 6.03 Å². The van der Waals surface area contributed by atoms with Crippen molar-refractivity contribution in [3.8, 4) is 22.9 Å². The molecule has 2 atom stereocenters. The molecule has 0 radical (unpaired) electrons. The minimum absolute atomic E-state index is 0.00805. The average Bonchev–Trinajstić information content (AvgIpc) is 3.84. The molecule has 2 aromatic heterocycles. The molecule has 0 saturated carbocycles. The van der Waals surface area contributed by atoms with Gasteiger partial charge in [0.15, 0.2) is 11.6 Å². The van der Waals surface area contributed by atoms with E-state index in [-0.39, 0.29) is 52.7 Å². The number of nitrogens with one attached hydrogen (secondary N) is 2. The maximum atomic E-state index is 14.1. The van der Waals surface area contributed by atoms with Crippen LogP contribution in [-0.4, -0.2) is 83.7 Å². The molecule has 3 aromatic carbocycles. The molecule has 3 amide bonds. The first-order chi connectivity index (χ1) is 24.7. The number of imide groups is 1. The van der Waals surface area contributed by atoms with Gasteiger partial charge in [0.2, 0.25) is 15.8 Å². The van der Waals surface area contributed by atoms with Crippen LogP contribution in [0.15, 0.2) is 66.9 Å². The lowest BCUT2D eigenvalue weighted by molar-refractivity contribution is -0.119. The maximum absolute atomic E-state index is 14.1. The molecule has 4 heterocycles. The van der Waals surface area contributed by atoms with Gasteiger partial charge in [-0.15, -0.1) is 0 Å². The van der Waals surface area contributed by atoms with Gasteiger partial charge in [0.25, 0.3) is 12.3 Å². The number of aromatic amines is 1. The molecule has 2 aliphatic heterocycles. The van der Waals surface area contributed by atoms with Crippen LogP contribution < -0.4 is 24.8 Å². The van der Waals surface area contributed by atoms with Crippen molar-refractivity contribution in [2.45, 2.75) is 31.9 Å². The molecule has 2 fully saturated rings. The fraction of sp³-hybridized carbons (Fsp3) is 0.235. The predicted molar refractivity (Wildman–Crippen MR) is 182 cm³/mol. The third kappa shape index (κ3) is 6.41. The zero-order valence-corrected chi connectivity index (χ0v) is 28.3. The highest BCUT2D eigenvalue weighted by atomic mass is 32.2. The Morgan fingerprint density at radius 1 is 1.10 bits per heavy atom. The Bertz CT molecular complexity index is 2360. The molecular formula is C34H30F3N7O7S. The van der Waals surface area contributed by atoms with Crippen LogP contribution in [0.3, 0.4) is 0 Å². The van der Waals surface area contributed by atoms with Crippen molar-refractivity contribution in [1.29, 1.82) is 0 Å². The Morgan fingerprint density at radius 2 is 1.87 bits per heavy atom. The molecule has 2 aliphatic rings. The fourth-order valence-corrected chi connectivity index (χ4v) is 7.21. The number of amides is 3. The number of nitrogens with zero attached hydrogens (tertiary/aromatic N) is 4. The van der Waals surface area contributed by atoms with Gasteiger partial charge in [0.05, 0.1) is 35.1 Å². The molecule has 0 aliphatic carbocycles. The van der Waals surface area contributed by atoms with Crippen molar-refractivity contribution < 1.29 is 45.4 Å². The number of para-hydroxylation sites is 1. The number of halogens is 3. The van der Waals surface area contributed by atoms with Crippen LogP contribution in [0.25, 0.3) is 16.6 Å². The number of carbonyl (C=O) groups is 3. The highest BCUT2D eigenvalue weighted by molar-refractivity contribution is 7.88.